The number of ether oxygens (including phenoxy) is 2. The van der Waals surface area contributed by atoms with Crippen LogP contribution in [0.15, 0.2) is 35.5 Å². The minimum Gasteiger partial charge on any atom is -0.507 e. The first-order valence-electron chi connectivity index (χ1n) is 9.03. The molecule has 2 aromatic rings. The number of carbonyl (C=O) groups is 2. The molecular formula is C21H20FNO6. The zero-order valence-electron chi connectivity index (χ0n) is 16.2. The Bertz CT molecular complexity index is 1000. The van der Waals surface area contributed by atoms with Crippen LogP contribution in [0.4, 0.5) is 4.39 Å². The highest BCUT2D eigenvalue weighted by atomic mass is 19.1. The first-order chi connectivity index (χ1) is 13.8. The van der Waals surface area contributed by atoms with E-state index in [2.05, 4.69) is 9.99 Å². The molecule has 0 saturated heterocycles. The summed E-state index contributed by atoms with van der Waals surface area (Å²) in [6.45, 7) is 4.82. The molecule has 8 heteroatoms. The van der Waals surface area contributed by atoms with Gasteiger partial charge in [0.2, 0.25) is 0 Å². The third-order valence-electron chi connectivity index (χ3n) is 4.42. The van der Waals surface area contributed by atoms with Gasteiger partial charge < -0.3 is 19.4 Å². The summed E-state index contributed by atoms with van der Waals surface area (Å²) in [4.78, 5) is 28.5. The van der Waals surface area contributed by atoms with Crippen molar-refractivity contribution >= 4 is 17.7 Å². The average Bonchev–Trinajstić information content (AvgIpc) is 3.12. The highest BCUT2D eigenvalue weighted by Crippen LogP contribution is 2.40. The maximum atomic E-state index is 14.0. The molecule has 0 radical (unpaired) electrons. The van der Waals surface area contributed by atoms with Crippen molar-refractivity contribution in [2.75, 3.05) is 6.61 Å². The van der Waals surface area contributed by atoms with Gasteiger partial charge in [-0.05, 0) is 42.8 Å². The van der Waals surface area contributed by atoms with Crippen LogP contribution in [0.3, 0.4) is 0 Å². The largest absolute Gasteiger partial charge is 0.507 e. The Morgan fingerprint density at radius 2 is 2.03 bits per heavy atom. The van der Waals surface area contributed by atoms with Crippen LogP contribution in [0.1, 0.15) is 40.9 Å². The van der Waals surface area contributed by atoms with E-state index in [1.165, 1.54) is 31.2 Å². The van der Waals surface area contributed by atoms with Crippen LogP contribution >= 0.6 is 0 Å². The molecule has 1 aliphatic heterocycles. The number of ketones is 1. The third kappa shape index (κ3) is 4.06. The topological polar surface area (TPSA) is 94.4 Å². The van der Waals surface area contributed by atoms with E-state index in [1.54, 1.807) is 19.9 Å². The fourth-order valence-electron chi connectivity index (χ4n) is 3.09. The van der Waals surface area contributed by atoms with Gasteiger partial charge in [-0.25, -0.2) is 9.18 Å². The fraction of sp³-hybridized carbons (Fsp3) is 0.286. The van der Waals surface area contributed by atoms with Crippen molar-refractivity contribution in [1.29, 1.82) is 0 Å². The van der Waals surface area contributed by atoms with Crippen molar-refractivity contribution in [3.8, 4) is 11.5 Å². The summed E-state index contributed by atoms with van der Waals surface area (Å²) in [7, 11) is 0. The van der Waals surface area contributed by atoms with E-state index >= 15 is 0 Å². The van der Waals surface area contributed by atoms with Gasteiger partial charge >= 0.3 is 5.97 Å². The molecular weight excluding hydrogens is 381 g/mol. The van der Waals surface area contributed by atoms with Crippen molar-refractivity contribution in [2.24, 2.45) is 5.16 Å². The van der Waals surface area contributed by atoms with Gasteiger partial charge in [-0.3, -0.25) is 4.79 Å². The van der Waals surface area contributed by atoms with E-state index in [9.17, 15) is 19.1 Å². The first-order valence-corrected chi connectivity index (χ1v) is 9.03. The monoisotopic (exact) mass is 401 g/mol. The lowest BCUT2D eigenvalue weighted by Gasteiger charge is -2.14. The minimum absolute atomic E-state index is 0.0227. The first kappa shape index (κ1) is 20.3. The summed E-state index contributed by atoms with van der Waals surface area (Å²) < 4.78 is 25.3. The number of nitrogens with zero attached hydrogens (tertiary/aromatic N) is 1. The van der Waals surface area contributed by atoms with Crippen molar-refractivity contribution in [2.45, 2.75) is 33.3 Å². The number of hydrogen-bond acceptors (Lipinski definition) is 7. The molecule has 0 aromatic heterocycles. The van der Waals surface area contributed by atoms with Crippen molar-refractivity contribution in [1.82, 2.24) is 0 Å². The molecule has 2 aromatic carbocycles. The van der Waals surface area contributed by atoms with Gasteiger partial charge in [-0.2, -0.15) is 0 Å². The summed E-state index contributed by atoms with van der Waals surface area (Å²) in [5, 5.41) is 14.2. The van der Waals surface area contributed by atoms with Crippen molar-refractivity contribution in [3.05, 3.63) is 58.4 Å². The van der Waals surface area contributed by atoms with Crippen molar-refractivity contribution in [3.63, 3.8) is 0 Å². The van der Waals surface area contributed by atoms with Crippen molar-refractivity contribution < 1.29 is 33.4 Å². The van der Waals surface area contributed by atoms with Crippen LogP contribution in [-0.2, 0) is 20.8 Å². The second-order valence-corrected chi connectivity index (χ2v) is 6.45. The third-order valence-corrected chi connectivity index (χ3v) is 4.42. The Hall–Kier alpha value is -3.42. The number of carbonyl (C=O) groups excluding carboxylic acids is 2. The van der Waals surface area contributed by atoms with Gasteiger partial charge in [0, 0.05) is 18.9 Å². The zero-order chi connectivity index (χ0) is 21.1. The van der Waals surface area contributed by atoms with E-state index in [1.807, 2.05) is 0 Å². The fourth-order valence-corrected chi connectivity index (χ4v) is 3.09. The van der Waals surface area contributed by atoms with E-state index in [-0.39, 0.29) is 35.8 Å². The molecule has 0 amide bonds. The Balaban J connectivity index is 1.96. The predicted octanol–water partition coefficient (Wildman–Crippen LogP) is 3.29. The van der Waals surface area contributed by atoms with Gasteiger partial charge in [-0.1, -0.05) is 12.1 Å². The molecule has 1 unspecified atom stereocenters. The number of hydrogen-bond donors (Lipinski definition) is 1. The number of phenols is 1. The molecule has 1 aliphatic rings. The quantitative estimate of drug-likeness (QED) is 0.272. The molecule has 152 valence electrons. The van der Waals surface area contributed by atoms with Gasteiger partial charge in [0.05, 0.1) is 17.7 Å². The van der Waals surface area contributed by atoms with Crippen LogP contribution in [0.25, 0.3) is 0 Å². The second kappa shape index (κ2) is 8.30. The summed E-state index contributed by atoms with van der Waals surface area (Å²) in [6, 6.07) is 7.05. The lowest BCUT2D eigenvalue weighted by Crippen LogP contribution is -2.28. The number of oxime groups is 1. The predicted molar refractivity (Wildman–Crippen MR) is 102 cm³/mol. The molecule has 1 heterocycles. The number of phenolic OH excluding ortho intramolecular Hbond substituents is 1. The highest BCUT2D eigenvalue weighted by molar-refractivity contribution is 6.11. The molecule has 0 fully saturated rings. The molecule has 1 atom stereocenters. The maximum Gasteiger partial charge on any atom is 0.332 e. The second-order valence-electron chi connectivity index (χ2n) is 6.45. The SMILES string of the molecule is CCO/C(=N/OC(C)=O)C1Cc2cc(C(=O)c3ccccc3F)c(O)c(C)c2O1. The molecule has 1 N–H and O–H groups in total. The van der Waals surface area contributed by atoms with Gasteiger partial charge in [0.15, 0.2) is 11.9 Å². The number of fused-ring (bicyclic) bond motifs is 1. The van der Waals surface area contributed by atoms with Gasteiger partial charge in [0.1, 0.15) is 17.3 Å². The summed E-state index contributed by atoms with van der Waals surface area (Å²) in [6.07, 6.45) is -0.421. The van der Waals surface area contributed by atoms with Gasteiger partial charge in [-0.15, -0.1) is 0 Å². The maximum absolute atomic E-state index is 14.0. The minimum atomic E-state index is -0.693. The van der Waals surface area contributed by atoms with Crippen LogP contribution in [0.5, 0.6) is 11.5 Å². The van der Waals surface area contributed by atoms with E-state index in [0.717, 1.165) is 0 Å². The Morgan fingerprint density at radius 1 is 1.31 bits per heavy atom. The molecule has 0 bridgehead atoms. The standard InChI is InChI=1S/C21H20FNO6/c1-4-27-21(23-29-12(3)24)17-10-13-9-15(18(25)11(2)20(13)28-17)19(26)14-7-5-6-8-16(14)22/h5-9,17,25H,4,10H2,1-3H3/b23-21+. The summed E-state index contributed by atoms with van der Waals surface area (Å²) in [5.74, 6) is -1.74. The highest BCUT2D eigenvalue weighted by Gasteiger charge is 2.34. The van der Waals surface area contributed by atoms with Crippen LogP contribution in [0.2, 0.25) is 0 Å². The van der Waals surface area contributed by atoms with Gasteiger partial charge in [0.25, 0.3) is 5.90 Å². The smallest absolute Gasteiger partial charge is 0.332 e. The summed E-state index contributed by atoms with van der Waals surface area (Å²) >= 11 is 0. The Labute approximate surface area is 166 Å². The number of benzene rings is 2. The molecule has 0 spiro atoms. The lowest BCUT2D eigenvalue weighted by atomic mass is 9.95. The Morgan fingerprint density at radius 3 is 2.69 bits per heavy atom. The number of rotatable bonds is 5. The van der Waals surface area contributed by atoms with Crippen LogP contribution in [-0.4, -0.2) is 35.5 Å². The van der Waals surface area contributed by atoms with E-state index in [4.69, 9.17) is 9.47 Å². The average molecular weight is 401 g/mol. The molecule has 3 rings (SSSR count). The lowest BCUT2D eigenvalue weighted by molar-refractivity contribution is -0.141. The Kier molecular flexibility index (Phi) is 5.81. The zero-order valence-corrected chi connectivity index (χ0v) is 16.2. The van der Waals surface area contributed by atoms with E-state index in [0.29, 0.717) is 16.9 Å². The molecule has 0 aliphatic carbocycles. The number of aromatic hydroxyl groups is 1. The summed E-state index contributed by atoms with van der Waals surface area (Å²) in [5.41, 5.74) is 0.808. The van der Waals surface area contributed by atoms with Crippen LogP contribution < -0.4 is 4.74 Å². The van der Waals surface area contributed by atoms with E-state index < -0.39 is 23.7 Å². The molecule has 29 heavy (non-hydrogen) atoms. The normalized spacial score (nSPS) is 15.4. The van der Waals surface area contributed by atoms with Crippen LogP contribution in [0, 0.1) is 12.7 Å². The number of halogens is 1. The molecule has 7 nitrogen and oxygen atoms in total. The molecule has 0 saturated carbocycles.